The van der Waals surface area contributed by atoms with Gasteiger partial charge >= 0.3 is 0 Å². The molecule has 0 aliphatic rings. The summed E-state index contributed by atoms with van der Waals surface area (Å²) in [6.07, 6.45) is 2.00. The number of anilines is 1. The number of nitriles is 1. The van der Waals surface area contributed by atoms with Crippen LogP contribution in [-0.2, 0) is 0 Å². The Bertz CT molecular complexity index is 387. The summed E-state index contributed by atoms with van der Waals surface area (Å²) in [5, 5.41) is 8.89. The average molecular weight is 222 g/mol. The predicted molar refractivity (Wildman–Crippen MR) is 60.1 cm³/mol. The topological polar surface area (TPSA) is 54.7 Å². The van der Waals surface area contributed by atoms with E-state index in [2.05, 4.69) is 0 Å². The lowest BCUT2D eigenvalue weighted by atomic mass is 10.2. The minimum Gasteiger partial charge on any atom is -0.496 e. The highest BCUT2D eigenvalue weighted by molar-refractivity contribution is 5.71. The molecule has 0 aromatic heterocycles. The molecule has 1 aromatic rings. The van der Waals surface area contributed by atoms with Crippen LogP contribution in [0.2, 0.25) is 0 Å². The normalized spacial score (nSPS) is 9.19. The van der Waals surface area contributed by atoms with Crippen LogP contribution in [0.15, 0.2) is 12.1 Å². The Morgan fingerprint density at radius 2 is 1.56 bits per heavy atom. The Morgan fingerprint density at radius 3 is 1.88 bits per heavy atom. The lowest BCUT2D eigenvalue weighted by Gasteiger charge is -2.18. The maximum atomic E-state index is 8.89. The van der Waals surface area contributed by atoms with Gasteiger partial charge in [0.25, 0.3) is 0 Å². The largest absolute Gasteiger partial charge is 0.496 e. The van der Waals surface area contributed by atoms with E-state index < -0.39 is 0 Å². The van der Waals surface area contributed by atoms with Crippen LogP contribution in [0, 0.1) is 11.5 Å². The van der Waals surface area contributed by atoms with Gasteiger partial charge < -0.3 is 14.2 Å². The molecule has 0 amide bonds. The number of ether oxygens (including phenoxy) is 3. The molecule has 0 aliphatic carbocycles. The molecule has 5 heteroatoms. The summed E-state index contributed by atoms with van der Waals surface area (Å²) in [5.41, 5.74) is 0.577. The van der Waals surface area contributed by atoms with E-state index in [9.17, 15) is 0 Å². The fourth-order valence-corrected chi connectivity index (χ4v) is 1.37. The molecule has 5 nitrogen and oxygen atoms in total. The zero-order chi connectivity index (χ0) is 12.1. The molecule has 0 atom stereocenters. The van der Waals surface area contributed by atoms with Gasteiger partial charge in [-0.3, -0.25) is 4.90 Å². The van der Waals surface area contributed by atoms with Crippen molar-refractivity contribution in [1.82, 2.24) is 0 Å². The van der Waals surface area contributed by atoms with Gasteiger partial charge in [0.2, 0.25) is 0 Å². The first-order chi connectivity index (χ1) is 7.67. The van der Waals surface area contributed by atoms with Crippen molar-refractivity contribution in [2.45, 2.75) is 0 Å². The van der Waals surface area contributed by atoms with Crippen LogP contribution in [0.1, 0.15) is 0 Å². The lowest BCUT2D eigenvalue weighted by molar-refractivity contribution is 0.377. The first-order valence-electron chi connectivity index (χ1n) is 4.61. The van der Waals surface area contributed by atoms with Crippen molar-refractivity contribution in [2.24, 2.45) is 0 Å². The fraction of sp³-hybridized carbons (Fsp3) is 0.364. The van der Waals surface area contributed by atoms with Crippen LogP contribution in [0.25, 0.3) is 0 Å². The number of rotatable bonds is 4. The Balaban J connectivity index is 3.38. The number of hydrogen-bond acceptors (Lipinski definition) is 5. The maximum Gasteiger partial charge on any atom is 0.184 e. The Hall–Kier alpha value is -2.09. The smallest absolute Gasteiger partial charge is 0.184 e. The van der Waals surface area contributed by atoms with Crippen LogP contribution in [0.5, 0.6) is 17.2 Å². The van der Waals surface area contributed by atoms with Crippen molar-refractivity contribution in [3.63, 3.8) is 0 Å². The van der Waals surface area contributed by atoms with Crippen LogP contribution < -0.4 is 19.1 Å². The second-order valence-electron chi connectivity index (χ2n) is 3.04. The third-order valence-electron chi connectivity index (χ3n) is 2.17. The van der Waals surface area contributed by atoms with E-state index in [-0.39, 0.29) is 0 Å². The predicted octanol–water partition coefficient (Wildman–Crippen LogP) is 1.63. The van der Waals surface area contributed by atoms with E-state index in [4.69, 9.17) is 19.5 Å². The van der Waals surface area contributed by atoms with Crippen molar-refractivity contribution >= 4 is 5.69 Å². The molecule has 0 aliphatic heterocycles. The second kappa shape index (κ2) is 5.12. The molecule has 0 radical (unpaired) electrons. The molecule has 0 N–H and O–H groups in total. The Morgan fingerprint density at radius 1 is 1.06 bits per heavy atom. The zero-order valence-corrected chi connectivity index (χ0v) is 9.77. The van der Waals surface area contributed by atoms with Gasteiger partial charge in [-0.05, 0) is 0 Å². The number of nitrogens with zero attached hydrogens (tertiary/aromatic N) is 2. The van der Waals surface area contributed by atoms with Gasteiger partial charge in [0.05, 0.1) is 21.3 Å². The monoisotopic (exact) mass is 222 g/mol. The fourth-order valence-electron chi connectivity index (χ4n) is 1.37. The number of methoxy groups -OCH3 is 3. The van der Waals surface area contributed by atoms with Gasteiger partial charge in [0, 0.05) is 19.2 Å². The lowest BCUT2D eigenvalue weighted by Crippen LogP contribution is -2.11. The number of benzene rings is 1. The first-order valence-corrected chi connectivity index (χ1v) is 4.61. The summed E-state index contributed by atoms with van der Waals surface area (Å²) in [6.45, 7) is 0. The quantitative estimate of drug-likeness (QED) is 0.572. The maximum absolute atomic E-state index is 8.89. The van der Waals surface area contributed by atoms with Gasteiger partial charge in [-0.1, -0.05) is 0 Å². The molecule has 86 valence electrons. The Labute approximate surface area is 94.7 Å². The van der Waals surface area contributed by atoms with E-state index >= 15 is 0 Å². The van der Waals surface area contributed by atoms with Gasteiger partial charge in [-0.2, -0.15) is 5.26 Å². The van der Waals surface area contributed by atoms with Crippen LogP contribution in [-0.4, -0.2) is 28.4 Å². The average Bonchev–Trinajstić information content (AvgIpc) is 2.35. The summed E-state index contributed by atoms with van der Waals surface area (Å²) >= 11 is 0. The minimum atomic E-state index is 0.528. The minimum absolute atomic E-state index is 0.528. The van der Waals surface area contributed by atoms with Gasteiger partial charge in [0.1, 0.15) is 11.4 Å². The highest BCUT2D eigenvalue weighted by Gasteiger charge is 2.16. The molecule has 0 fully saturated rings. The van der Waals surface area contributed by atoms with Crippen molar-refractivity contribution in [1.29, 1.82) is 5.26 Å². The summed E-state index contributed by atoms with van der Waals surface area (Å²) < 4.78 is 15.5. The van der Waals surface area contributed by atoms with Crippen molar-refractivity contribution in [3.05, 3.63) is 12.1 Å². The number of hydrogen-bond donors (Lipinski definition) is 0. The third kappa shape index (κ3) is 2.11. The highest BCUT2D eigenvalue weighted by Crippen LogP contribution is 2.40. The Kier molecular flexibility index (Phi) is 3.84. The van der Waals surface area contributed by atoms with Crippen LogP contribution in [0.4, 0.5) is 5.69 Å². The van der Waals surface area contributed by atoms with E-state index in [1.165, 1.54) is 19.1 Å². The van der Waals surface area contributed by atoms with Gasteiger partial charge in [-0.15, -0.1) is 0 Å². The molecule has 0 heterocycles. The van der Waals surface area contributed by atoms with E-state index in [1.54, 1.807) is 26.3 Å². The van der Waals surface area contributed by atoms with E-state index in [0.717, 1.165) is 0 Å². The summed E-state index contributed by atoms with van der Waals surface area (Å²) in [7, 11) is 6.25. The molecular weight excluding hydrogens is 208 g/mol. The third-order valence-corrected chi connectivity index (χ3v) is 2.17. The van der Waals surface area contributed by atoms with Crippen molar-refractivity contribution in [3.8, 4) is 23.4 Å². The molecule has 0 spiro atoms. The van der Waals surface area contributed by atoms with Gasteiger partial charge in [-0.25, -0.2) is 0 Å². The summed E-state index contributed by atoms with van der Waals surface area (Å²) in [4.78, 5) is 1.37. The molecular formula is C11H14N2O3. The van der Waals surface area contributed by atoms with E-state index in [1.807, 2.05) is 6.19 Å². The molecule has 0 unspecified atom stereocenters. The molecule has 1 aromatic carbocycles. The highest BCUT2D eigenvalue weighted by atomic mass is 16.5. The summed E-state index contributed by atoms with van der Waals surface area (Å²) in [6, 6.07) is 3.40. The van der Waals surface area contributed by atoms with E-state index in [0.29, 0.717) is 22.9 Å². The molecule has 1 rings (SSSR count). The molecule has 16 heavy (non-hydrogen) atoms. The van der Waals surface area contributed by atoms with Crippen molar-refractivity contribution < 1.29 is 14.2 Å². The summed E-state index contributed by atoms with van der Waals surface area (Å²) in [5.74, 6) is 1.67. The standard InChI is InChI=1S/C11H14N2O3/c1-13(7-12)11-9(15-3)5-8(14-2)6-10(11)16-4/h5-6H,1-4H3. The zero-order valence-electron chi connectivity index (χ0n) is 9.77. The SMILES string of the molecule is COc1cc(OC)c(N(C)C#N)c(OC)c1. The molecule has 0 saturated heterocycles. The first kappa shape index (κ1) is 12.0. The van der Waals surface area contributed by atoms with Gasteiger partial charge in [0.15, 0.2) is 17.7 Å². The van der Waals surface area contributed by atoms with Crippen LogP contribution in [0.3, 0.4) is 0 Å². The second-order valence-corrected chi connectivity index (χ2v) is 3.04. The van der Waals surface area contributed by atoms with Crippen molar-refractivity contribution in [2.75, 3.05) is 33.3 Å². The molecule has 0 saturated carbocycles. The van der Waals surface area contributed by atoms with Crippen LogP contribution >= 0.6 is 0 Å². The molecule has 0 bridgehead atoms.